The molecule has 0 radical (unpaired) electrons. The highest BCUT2D eigenvalue weighted by molar-refractivity contribution is 7.57. The predicted octanol–water partition coefficient (Wildman–Crippen LogP) is 1.70. The monoisotopic (exact) mass is 192 g/mol. The molecule has 0 aromatic rings. The first kappa shape index (κ1) is 10.2. The quantitative estimate of drug-likeness (QED) is 0.677. The lowest BCUT2D eigenvalue weighted by molar-refractivity contribution is 0.0587. The Morgan fingerprint density at radius 2 is 2.17 bits per heavy atom. The minimum Gasteiger partial charge on any atom is -0.374 e. The molecule has 3 nitrogen and oxygen atoms in total. The van der Waals surface area contributed by atoms with Gasteiger partial charge in [0.1, 0.15) is 0 Å². The molecule has 1 unspecified atom stereocenters. The van der Waals surface area contributed by atoms with E-state index in [1.54, 1.807) is 0 Å². The van der Waals surface area contributed by atoms with Gasteiger partial charge in [0, 0.05) is 6.66 Å². The van der Waals surface area contributed by atoms with Crippen LogP contribution in [-0.2, 0) is 9.30 Å². The highest BCUT2D eigenvalue weighted by Gasteiger charge is 2.32. The second-order valence-corrected chi connectivity index (χ2v) is 6.40. The van der Waals surface area contributed by atoms with Gasteiger partial charge in [0.2, 0.25) is 0 Å². The average Bonchev–Trinajstić information content (AvgIpc) is 2.06. The molecule has 1 heterocycles. The van der Waals surface area contributed by atoms with Crippen LogP contribution in [0.25, 0.3) is 0 Å². The molecule has 1 N–H and O–H groups in total. The van der Waals surface area contributed by atoms with Crippen molar-refractivity contribution in [2.24, 2.45) is 5.92 Å². The largest absolute Gasteiger partial charge is 0.374 e. The molecule has 0 aliphatic carbocycles. The van der Waals surface area contributed by atoms with Crippen LogP contribution < -0.4 is 0 Å². The van der Waals surface area contributed by atoms with Gasteiger partial charge in [-0.15, -0.1) is 0 Å². The fourth-order valence-corrected chi connectivity index (χ4v) is 2.83. The van der Waals surface area contributed by atoms with Crippen LogP contribution >= 0.6 is 7.37 Å². The van der Waals surface area contributed by atoms with Crippen molar-refractivity contribution in [3.63, 3.8) is 0 Å². The third-order valence-electron chi connectivity index (χ3n) is 2.26. The van der Waals surface area contributed by atoms with Gasteiger partial charge in [-0.1, -0.05) is 6.92 Å². The normalized spacial score (nSPS) is 41.2. The van der Waals surface area contributed by atoms with Gasteiger partial charge in [-0.25, -0.2) is 0 Å². The van der Waals surface area contributed by atoms with E-state index in [-0.39, 0.29) is 12.2 Å². The van der Waals surface area contributed by atoms with E-state index in [0.29, 0.717) is 12.1 Å². The van der Waals surface area contributed by atoms with Crippen molar-refractivity contribution in [1.29, 1.82) is 0 Å². The third-order valence-corrected chi connectivity index (χ3v) is 3.30. The Kier molecular flexibility index (Phi) is 2.97. The first-order valence-corrected chi connectivity index (χ1v) is 6.62. The fraction of sp³-hybridized carbons (Fsp3) is 1.00. The molecule has 1 fully saturated rings. The fourth-order valence-electron chi connectivity index (χ4n) is 1.72. The molecule has 12 heavy (non-hydrogen) atoms. The smallest absolute Gasteiger partial charge is 0.200 e. The molecule has 0 aromatic heterocycles. The average molecular weight is 192 g/mol. The second-order valence-electron chi connectivity index (χ2n) is 3.93. The molecule has 0 amide bonds. The van der Waals surface area contributed by atoms with Crippen molar-refractivity contribution in [1.82, 2.24) is 0 Å². The summed E-state index contributed by atoms with van der Waals surface area (Å²) in [7, 11) is -2.90. The lowest BCUT2D eigenvalue weighted by Crippen LogP contribution is -2.18. The van der Waals surface area contributed by atoms with E-state index in [4.69, 9.17) is 9.63 Å². The zero-order chi connectivity index (χ0) is 9.35. The van der Waals surface area contributed by atoms with Gasteiger partial charge in [0.25, 0.3) is 0 Å². The Labute approximate surface area is 73.6 Å². The van der Waals surface area contributed by atoms with Crippen LogP contribution in [-0.4, -0.2) is 29.9 Å². The van der Waals surface area contributed by atoms with Crippen LogP contribution in [0.3, 0.4) is 0 Å². The van der Waals surface area contributed by atoms with Crippen LogP contribution in [0.15, 0.2) is 0 Å². The standard InChI is InChI=1S/C8H17O3P/c1-6-4-7(2)11-8(6)5-12(3,9)10/h6-8H,4-5H2,1-3H3,(H,9,10)/t6-,7-,8+/m0/s1. The molecule has 4 atom stereocenters. The van der Waals surface area contributed by atoms with Gasteiger partial charge in [0.15, 0.2) is 7.37 Å². The highest BCUT2D eigenvalue weighted by atomic mass is 31.2. The lowest BCUT2D eigenvalue weighted by atomic mass is 10.0. The number of ether oxygens (including phenoxy) is 1. The Bertz CT molecular complexity index is 198. The summed E-state index contributed by atoms with van der Waals surface area (Å²) in [6.45, 7) is 5.48. The maximum absolute atomic E-state index is 11.1. The number of hydrogen-bond donors (Lipinski definition) is 1. The maximum atomic E-state index is 11.1. The summed E-state index contributed by atoms with van der Waals surface area (Å²) < 4.78 is 16.6. The van der Waals surface area contributed by atoms with E-state index in [1.165, 1.54) is 6.66 Å². The van der Waals surface area contributed by atoms with E-state index in [0.717, 1.165) is 6.42 Å². The van der Waals surface area contributed by atoms with Gasteiger partial charge >= 0.3 is 0 Å². The maximum Gasteiger partial charge on any atom is 0.200 e. The van der Waals surface area contributed by atoms with Crippen molar-refractivity contribution >= 4 is 7.37 Å². The summed E-state index contributed by atoms with van der Waals surface area (Å²) in [5.41, 5.74) is 0. The number of rotatable bonds is 2. The Morgan fingerprint density at radius 1 is 1.58 bits per heavy atom. The SMILES string of the molecule is C[C@H]1C[C@H](C)[C@@H](CP(C)(=O)O)O1. The van der Waals surface area contributed by atoms with Gasteiger partial charge in [0.05, 0.1) is 18.4 Å². The molecule has 4 heteroatoms. The summed E-state index contributed by atoms with van der Waals surface area (Å²) >= 11 is 0. The number of hydrogen-bond acceptors (Lipinski definition) is 2. The Balaban J connectivity index is 2.49. The van der Waals surface area contributed by atoms with E-state index in [1.807, 2.05) is 6.92 Å². The molecule has 1 aliphatic rings. The van der Waals surface area contributed by atoms with E-state index in [2.05, 4.69) is 6.92 Å². The van der Waals surface area contributed by atoms with Crippen molar-refractivity contribution in [3.8, 4) is 0 Å². The first-order valence-electron chi connectivity index (χ1n) is 4.33. The zero-order valence-electron chi connectivity index (χ0n) is 7.86. The van der Waals surface area contributed by atoms with E-state index in [9.17, 15) is 4.57 Å². The molecule has 1 saturated heterocycles. The molecule has 1 aliphatic heterocycles. The summed E-state index contributed by atoms with van der Waals surface area (Å²) in [6, 6.07) is 0. The summed E-state index contributed by atoms with van der Waals surface area (Å²) in [6.07, 6.45) is 1.54. The van der Waals surface area contributed by atoms with Crippen LogP contribution in [0, 0.1) is 5.92 Å². The van der Waals surface area contributed by atoms with Gasteiger partial charge < -0.3 is 9.63 Å². The minimum atomic E-state index is -2.90. The van der Waals surface area contributed by atoms with E-state index < -0.39 is 7.37 Å². The third kappa shape index (κ3) is 2.89. The van der Waals surface area contributed by atoms with Gasteiger partial charge in [-0.3, -0.25) is 4.57 Å². The summed E-state index contributed by atoms with van der Waals surface area (Å²) in [4.78, 5) is 9.16. The van der Waals surface area contributed by atoms with Crippen LogP contribution in [0.1, 0.15) is 20.3 Å². The molecule has 0 saturated carbocycles. The molecule has 1 rings (SSSR count). The van der Waals surface area contributed by atoms with Crippen molar-refractivity contribution < 1.29 is 14.2 Å². The van der Waals surface area contributed by atoms with Crippen LogP contribution in [0.4, 0.5) is 0 Å². The van der Waals surface area contributed by atoms with Crippen LogP contribution in [0.5, 0.6) is 0 Å². The molecular weight excluding hydrogens is 175 g/mol. The van der Waals surface area contributed by atoms with Gasteiger partial charge in [-0.2, -0.15) is 0 Å². The first-order chi connectivity index (χ1) is 5.38. The van der Waals surface area contributed by atoms with E-state index >= 15 is 0 Å². The molecule has 72 valence electrons. The molecule has 0 aromatic carbocycles. The summed E-state index contributed by atoms with van der Waals surface area (Å²) in [5.74, 6) is 0.417. The Morgan fingerprint density at radius 3 is 2.50 bits per heavy atom. The van der Waals surface area contributed by atoms with Crippen molar-refractivity contribution in [3.05, 3.63) is 0 Å². The lowest BCUT2D eigenvalue weighted by Gasteiger charge is -2.16. The highest BCUT2D eigenvalue weighted by Crippen LogP contribution is 2.41. The zero-order valence-corrected chi connectivity index (χ0v) is 8.75. The topological polar surface area (TPSA) is 46.5 Å². The molecule has 0 spiro atoms. The molecular formula is C8H17O3P. The Hall–Kier alpha value is 0.150. The second kappa shape index (κ2) is 3.49. The molecule has 0 bridgehead atoms. The van der Waals surface area contributed by atoms with Crippen molar-refractivity contribution in [2.75, 3.05) is 12.8 Å². The summed E-state index contributed by atoms with van der Waals surface area (Å²) in [5, 5.41) is 0. The van der Waals surface area contributed by atoms with Crippen molar-refractivity contribution in [2.45, 2.75) is 32.5 Å². The minimum absolute atomic E-state index is 0.0131. The predicted molar refractivity (Wildman–Crippen MR) is 48.7 cm³/mol. The van der Waals surface area contributed by atoms with Gasteiger partial charge in [-0.05, 0) is 19.3 Å². The van der Waals surface area contributed by atoms with Crippen LogP contribution in [0.2, 0.25) is 0 Å².